The van der Waals surface area contributed by atoms with Crippen molar-refractivity contribution in [3.05, 3.63) is 136 Å². The summed E-state index contributed by atoms with van der Waals surface area (Å²) in [6.45, 7) is 3.68. The van der Waals surface area contributed by atoms with Crippen molar-refractivity contribution in [2.45, 2.75) is 28.9 Å². The number of nitrogens with one attached hydrogen (secondary N) is 2. The van der Waals surface area contributed by atoms with Gasteiger partial charge in [0.2, 0.25) is 5.91 Å². The highest BCUT2D eigenvalue weighted by molar-refractivity contribution is 8.00. The Balaban J connectivity index is 1.38. The summed E-state index contributed by atoms with van der Waals surface area (Å²) in [5.41, 5.74) is 3.35. The molecule has 0 fully saturated rings. The Morgan fingerprint density at radius 3 is 2.02 bits per heavy atom. The first-order chi connectivity index (χ1) is 20.1. The van der Waals surface area contributed by atoms with E-state index in [1.54, 1.807) is 67.2 Å². The number of nitrogens with zero attached hydrogens (tertiary/aromatic N) is 2. The minimum atomic E-state index is -3.74. The summed E-state index contributed by atoms with van der Waals surface area (Å²) in [6, 6.07) is 32.0. The first kappa shape index (κ1) is 29.0. The van der Waals surface area contributed by atoms with E-state index in [1.807, 2.05) is 67.6 Å². The van der Waals surface area contributed by atoms with Crippen LogP contribution in [0.15, 0.2) is 124 Å². The van der Waals surface area contributed by atoms with Gasteiger partial charge in [-0.05, 0) is 67.9 Å². The van der Waals surface area contributed by atoms with E-state index in [2.05, 4.69) is 10.0 Å². The van der Waals surface area contributed by atoms with Gasteiger partial charge in [-0.3, -0.25) is 19.0 Å². The minimum Gasteiger partial charge on any atom is -0.319 e. The average molecular weight is 599 g/mol. The first-order valence-corrected chi connectivity index (χ1v) is 15.6. The number of rotatable bonds is 9. The second-order valence-electron chi connectivity index (χ2n) is 9.78. The largest absolute Gasteiger partial charge is 0.319 e. The SMILES string of the molecule is Cc1ccc(S(=O)(=O)Nc2ccc(SC(C(=O)Nc3c(C)n(C)n(-c4ccccc4)c3=O)c3ccccc3)cc2)cc1. The molecule has 0 radical (unpaired) electrons. The quantitative estimate of drug-likeness (QED) is 0.201. The van der Waals surface area contributed by atoms with Crippen LogP contribution in [0.4, 0.5) is 11.4 Å². The summed E-state index contributed by atoms with van der Waals surface area (Å²) < 4.78 is 31.4. The Morgan fingerprint density at radius 2 is 1.40 bits per heavy atom. The third-order valence-corrected chi connectivity index (χ3v) is 9.50. The first-order valence-electron chi connectivity index (χ1n) is 13.2. The molecule has 0 aliphatic heterocycles. The molecule has 0 bridgehead atoms. The summed E-state index contributed by atoms with van der Waals surface area (Å²) in [5, 5.41) is 2.21. The number of sulfonamides is 1. The molecule has 1 atom stereocenters. The maximum absolute atomic E-state index is 13.7. The predicted octanol–water partition coefficient (Wildman–Crippen LogP) is 6.07. The van der Waals surface area contributed by atoms with E-state index in [0.717, 1.165) is 16.0 Å². The zero-order chi connectivity index (χ0) is 29.9. The van der Waals surface area contributed by atoms with Crippen LogP contribution in [-0.2, 0) is 21.9 Å². The Morgan fingerprint density at radius 1 is 0.810 bits per heavy atom. The number of aromatic nitrogens is 2. The van der Waals surface area contributed by atoms with Crippen LogP contribution in [0.25, 0.3) is 5.69 Å². The van der Waals surface area contributed by atoms with E-state index in [-0.39, 0.29) is 22.0 Å². The molecule has 1 aromatic heterocycles. The van der Waals surface area contributed by atoms with Crippen molar-refractivity contribution in [3.63, 3.8) is 0 Å². The molecule has 0 aliphatic rings. The Kier molecular flexibility index (Phi) is 8.37. The van der Waals surface area contributed by atoms with Gasteiger partial charge in [0.05, 0.1) is 16.3 Å². The van der Waals surface area contributed by atoms with Gasteiger partial charge in [0.15, 0.2) is 0 Å². The van der Waals surface area contributed by atoms with Gasteiger partial charge in [0.25, 0.3) is 15.6 Å². The third kappa shape index (κ3) is 6.19. The minimum absolute atomic E-state index is 0.176. The summed E-state index contributed by atoms with van der Waals surface area (Å²) in [6.07, 6.45) is 0. The summed E-state index contributed by atoms with van der Waals surface area (Å²) in [5.74, 6) is -0.346. The van der Waals surface area contributed by atoms with Crippen LogP contribution >= 0.6 is 11.8 Å². The number of hydrogen-bond acceptors (Lipinski definition) is 5. The van der Waals surface area contributed by atoms with Crippen molar-refractivity contribution in [3.8, 4) is 5.69 Å². The summed E-state index contributed by atoms with van der Waals surface area (Å²) in [4.78, 5) is 28.1. The molecule has 42 heavy (non-hydrogen) atoms. The van der Waals surface area contributed by atoms with E-state index in [4.69, 9.17) is 0 Å². The molecule has 214 valence electrons. The molecular weight excluding hydrogens is 569 g/mol. The fraction of sp³-hybridized carbons (Fsp3) is 0.125. The van der Waals surface area contributed by atoms with Crippen molar-refractivity contribution >= 4 is 39.1 Å². The van der Waals surface area contributed by atoms with Gasteiger partial charge in [-0.2, -0.15) is 0 Å². The second kappa shape index (κ2) is 12.1. The summed E-state index contributed by atoms with van der Waals surface area (Å²) >= 11 is 1.31. The molecule has 1 amide bonds. The van der Waals surface area contributed by atoms with Gasteiger partial charge in [0.1, 0.15) is 10.9 Å². The van der Waals surface area contributed by atoms with Crippen LogP contribution in [0.5, 0.6) is 0 Å². The Hall–Kier alpha value is -4.54. The van der Waals surface area contributed by atoms with Crippen LogP contribution < -0.4 is 15.6 Å². The molecule has 0 spiro atoms. The molecule has 5 rings (SSSR count). The number of carbonyl (C=O) groups is 1. The van der Waals surface area contributed by atoms with Crippen molar-refractivity contribution < 1.29 is 13.2 Å². The molecule has 8 nitrogen and oxygen atoms in total. The molecule has 1 unspecified atom stereocenters. The van der Waals surface area contributed by atoms with Crippen molar-refractivity contribution in [2.75, 3.05) is 10.0 Å². The molecule has 0 aliphatic carbocycles. The van der Waals surface area contributed by atoms with E-state index in [9.17, 15) is 18.0 Å². The normalized spacial score (nSPS) is 12.1. The molecule has 0 saturated heterocycles. The number of aryl methyl sites for hydroxylation is 1. The molecule has 10 heteroatoms. The number of carbonyl (C=O) groups excluding carboxylic acids is 1. The number of anilines is 2. The number of para-hydroxylation sites is 1. The number of thioether (sulfide) groups is 1. The highest BCUT2D eigenvalue weighted by atomic mass is 32.2. The van der Waals surface area contributed by atoms with Gasteiger partial charge < -0.3 is 5.32 Å². The molecule has 4 aromatic carbocycles. The lowest BCUT2D eigenvalue weighted by Gasteiger charge is -2.17. The maximum atomic E-state index is 13.7. The molecule has 0 saturated carbocycles. The zero-order valence-corrected chi connectivity index (χ0v) is 24.9. The fourth-order valence-corrected chi connectivity index (χ4v) is 6.55. The Labute approximate surface area is 249 Å². The topological polar surface area (TPSA) is 102 Å². The van der Waals surface area contributed by atoms with Gasteiger partial charge >= 0.3 is 0 Å². The number of amides is 1. The maximum Gasteiger partial charge on any atom is 0.295 e. The van der Waals surface area contributed by atoms with Crippen molar-refractivity contribution in [1.29, 1.82) is 0 Å². The smallest absolute Gasteiger partial charge is 0.295 e. The average Bonchev–Trinajstić information content (AvgIpc) is 3.20. The van der Waals surface area contributed by atoms with Gasteiger partial charge in [-0.15, -0.1) is 11.8 Å². The molecule has 1 heterocycles. The lowest BCUT2D eigenvalue weighted by atomic mass is 10.1. The highest BCUT2D eigenvalue weighted by Gasteiger charge is 2.26. The lowest BCUT2D eigenvalue weighted by Crippen LogP contribution is -2.25. The number of hydrogen-bond donors (Lipinski definition) is 2. The van der Waals surface area contributed by atoms with Gasteiger partial charge in [-0.1, -0.05) is 66.2 Å². The molecule has 5 aromatic rings. The van der Waals surface area contributed by atoms with E-state index in [0.29, 0.717) is 17.1 Å². The standard InChI is InChI=1S/C32H30N4O4S2/c1-22-14-20-28(21-15-22)42(39,40)34-25-16-18-27(19-17-25)41-30(24-10-6-4-7-11-24)31(37)33-29-23(2)35(3)36(32(29)38)26-12-8-5-9-13-26/h4-21,30,34H,1-3H3,(H,33,37). The van der Waals surface area contributed by atoms with Crippen LogP contribution in [0.2, 0.25) is 0 Å². The predicted molar refractivity (Wildman–Crippen MR) is 168 cm³/mol. The monoisotopic (exact) mass is 598 g/mol. The van der Waals surface area contributed by atoms with Crippen molar-refractivity contribution in [1.82, 2.24) is 9.36 Å². The number of benzene rings is 4. The van der Waals surface area contributed by atoms with Crippen LogP contribution in [0.3, 0.4) is 0 Å². The Bertz CT molecular complexity index is 1870. The zero-order valence-electron chi connectivity index (χ0n) is 23.3. The van der Waals surface area contributed by atoms with Crippen LogP contribution in [0.1, 0.15) is 22.1 Å². The fourth-order valence-electron chi connectivity index (χ4n) is 4.47. The summed E-state index contributed by atoms with van der Waals surface area (Å²) in [7, 11) is -1.97. The van der Waals surface area contributed by atoms with Gasteiger partial charge in [0, 0.05) is 17.6 Å². The highest BCUT2D eigenvalue weighted by Crippen LogP contribution is 2.37. The van der Waals surface area contributed by atoms with Crippen LogP contribution in [-0.4, -0.2) is 23.7 Å². The molecule has 2 N–H and O–H groups in total. The second-order valence-corrected chi connectivity index (χ2v) is 12.6. The van der Waals surface area contributed by atoms with Gasteiger partial charge in [-0.25, -0.2) is 13.1 Å². The van der Waals surface area contributed by atoms with Crippen molar-refractivity contribution in [2.24, 2.45) is 7.05 Å². The van der Waals surface area contributed by atoms with E-state index < -0.39 is 15.3 Å². The van der Waals surface area contributed by atoms with Crippen LogP contribution in [0, 0.1) is 13.8 Å². The molecular formula is C32H30N4O4S2. The lowest BCUT2D eigenvalue weighted by molar-refractivity contribution is -0.115. The third-order valence-electron chi connectivity index (χ3n) is 6.83. The van der Waals surface area contributed by atoms with E-state index in [1.165, 1.54) is 16.4 Å². The van der Waals surface area contributed by atoms with E-state index >= 15 is 0 Å².